The fourth-order valence-electron chi connectivity index (χ4n) is 1.96. The van der Waals surface area contributed by atoms with Crippen molar-refractivity contribution in [2.45, 2.75) is 6.42 Å². The van der Waals surface area contributed by atoms with Crippen molar-refractivity contribution >= 4 is 17.6 Å². The van der Waals surface area contributed by atoms with Crippen LogP contribution in [0.25, 0.3) is 0 Å². The molecule has 0 atom stereocenters. The summed E-state index contributed by atoms with van der Waals surface area (Å²) >= 11 is 0. The lowest BCUT2D eigenvalue weighted by Gasteiger charge is -2.22. The fraction of sp³-hybridized carbons (Fsp3) is 0.125. The minimum Gasteiger partial charge on any atom is -0.507 e. The molecule has 1 amide bonds. The van der Waals surface area contributed by atoms with Gasteiger partial charge < -0.3 is 15.1 Å². The molecular formula is C16H15NO4. The summed E-state index contributed by atoms with van der Waals surface area (Å²) in [5.41, 5.74) is 0.735. The van der Waals surface area contributed by atoms with Crippen molar-refractivity contribution in [1.29, 1.82) is 0 Å². The molecule has 0 saturated carbocycles. The van der Waals surface area contributed by atoms with Crippen LogP contribution in [0.3, 0.4) is 0 Å². The molecule has 0 aliphatic rings. The summed E-state index contributed by atoms with van der Waals surface area (Å²) in [6, 6.07) is 15.0. The third-order valence-corrected chi connectivity index (χ3v) is 3.00. The van der Waals surface area contributed by atoms with Gasteiger partial charge in [-0.3, -0.25) is 9.59 Å². The van der Waals surface area contributed by atoms with Gasteiger partial charge >= 0.3 is 5.97 Å². The number of nitrogens with zero attached hydrogens (tertiary/aromatic N) is 1. The molecule has 0 saturated heterocycles. The normalized spacial score (nSPS) is 10.1. The highest BCUT2D eigenvalue weighted by Gasteiger charge is 2.20. The number of phenolic OH excluding ortho intramolecular Hbond substituents is 1. The molecule has 0 bridgehead atoms. The number of amides is 1. The average molecular weight is 285 g/mol. The van der Waals surface area contributed by atoms with Gasteiger partial charge in [0.1, 0.15) is 5.75 Å². The Morgan fingerprint density at radius 1 is 0.952 bits per heavy atom. The Kier molecular flexibility index (Phi) is 4.56. The lowest BCUT2D eigenvalue weighted by Crippen LogP contribution is -2.33. The van der Waals surface area contributed by atoms with E-state index in [0.29, 0.717) is 5.69 Å². The maximum absolute atomic E-state index is 12.6. The van der Waals surface area contributed by atoms with Crippen molar-refractivity contribution in [2.75, 3.05) is 11.4 Å². The number of carbonyl (C=O) groups is 2. The van der Waals surface area contributed by atoms with Crippen LogP contribution in [0, 0.1) is 0 Å². The van der Waals surface area contributed by atoms with E-state index in [4.69, 9.17) is 5.11 Å². The second kappa shape index (κ2) is 6.56. The first kappa shape index (κ1) is 14.6. The van der Waals surface area contributed by atoms with Gasteiger partial charge in [-0.1, -0.05) is 30.3 Å². The summed E-state index contributed by atoms with van der Waals surface area (Å²) in [4.78, 5) is 24.7. The molecule has 2 N–H and O–H groups in total. The van der Waals surface area contributed by atoms with Crippen LogP contribution in [0.5, 0.6) is 5.75 Å². The number of aliphatic carboxylic acids is 1. The summed E-state index contributed by atoms with van der Waals surface area (Å²) in [5.74, 6) is -1.54. The van der Waals surface area contributed by atoms with E-state index in [0.717, 1.165) is 0 Å². The molecule has 0 radical (unpaired) electrons. The molecule has 0 heterocycles. The molecule has 21 heavy (non-hydrogen) atoms. The standard InChI is InChI=1S/C16H15NO4/c18-14-9-5-4-8-13(14)16(21)17(11-10-15(19)20)12-6-2-1-3-7-12/h1-9,18H,10-11H2,(H,19,20). The maximum atomic E-state index is 12.6. The molecule has 5 heteroatoms. The van der Waals surface area contributed by atoms with Crippen molar-refractivity contribution in [1.82, 2.24) is 0 Å². The van der Waals surface area contributed by atoms with Crippen LogP contribution in [0.15, 0.2) is 54.6 Å². The number of para-hydroxylation sites is 2. The van der Waals surface area contributed by atoms with Crippen LogP contribution in [0.2, 0.25) is 0 Å². The number of carboxylic acids is 1. The zero-order valence-corrected chi connectivity index (χ0v) is 11.3. The van der Waals surface area contributed by atoms with Crippen molar-refractivity contribution in [3.8, 4) is 5.75 Å². The Hall–Kier alpha value is -2.82. The second-order valence-electron chi connectivity index (χ2n) is 4.45. The Morgan fingerprint density at radius 3 is 2.19 bits per heavy atom. The average Bonchev–Trinajstić information content (AvgIpc) is 2.48. The first-order valence-corrected chi connectivity index (χ1v) is 6.46. The van der Waals surface area contributed by atoms with Crippen LogP contribution >= 0.6 is 0 Å². The monoisotopic (exact) mass is 285 g/mol. The second-order valence-corrected chi connectivity index (χ2v) is 4.45. The highest BCUT2D eigenvalue weighted by atomic mass is 16.4. The first-order chi connectivity index (χ1) is 10.1. The largest absolute Gasteiger partial charge is 0.507 e. The Bertz CT molecular complexity index is 640. The maximum Gasteiger partial charge on any atom is 0.305 e. The topological polar surface area (TPSA) is 77.8 Å². The molecule has 2 rings (SSSR count). The Labute approximate surface area is 122 Å². The van der Waals surface area contributed by atoms with E-state index < -0.39 is 11.9 Å². The number of aromatic hydroxyl groups is 1. The number of anilines is 1. The van der Waals surface area contributed by atoms with Crippen LogP contribution in [-0.4, -0.2) is 28.6 Å². The third-order valence-electron chi connectivity index (χ3n) is 3.00. The quantitative estimate of drug-likeness (QED) is 0.884. The summed E-state index contributed by atoms with van der Waals surface area (Å²) in [6.45, 7) is 0.0342. The predicted molar refractivity (Wildman–Crippen MR) is 78.5 cm³/mol. The van der Waals surface area contributed by atoms with Gasteiger partial charge in [-0.2, -0.15) is 0 Å². The molecular weight excluding hydrogens is 270 g/mol. The van der Waals surface area contributed by atoms with Gasteiger partial charge in [0.2, 0.25) is 0 Å². The van der Waals surface area contributed by atoms with E-state index in [2.05, 4.69) is 0 Å². The van der Waals surface area contributed by atoms with Gasteiger partial charge in [0, 0.05) is 12.2 Å². The molecule has 0 aromatic heterocycles. The Balaban J connectivity index is 2.33. The third kappa shape index (κ3) is 3.60. The van der Waals surface area contributed by atoms with Crippen LogP contribution in [-0.2, 0) is 4.79 Å². The van der Waals surface area contributed by atoms with Gasteiger partial charge in [-0.15, -0.1) is 0 Å². The fourth-order valence-corrected chi connectivity index (χ4v) is 1.96. The number of carbonyl (C=O) groups excluding carboxylic acids is 1. The van der Waals surface area contributed by atoms with E-state index in [1.165, 1.54) is 17.0 Å². The summed E-state index contributed by atoms with van der Waals surface area (Å²) in [5, 5.41) is 18.6. The summed E-state index contributed by atoms with van der Waals surface area (Å²) < 4.78 is 0. The van der Waals surface area contributed by atoms with Gasteiger partial charge in [-0.25, -0.2) is 0 Å². The highest BCUT2D eigenvalue weighted by Crippen LogP contribution is 2.22. The molecule has 2 aromatic carbocycles. The molecule has 0 unspecified atom stereocenters. The van der Waals surface area contributed by atoms with Crippen molar-refractivity contribution in [2.24, 2.45) is 0 Å². The van der Waals surface area contributed by atoms with E-state index in [1.807, 2.05) is 6.07 Å². The van der Waals surface area contributed by atoms with Gasteiger partial charge in [0.25, 0.3) is 5.91 Å². The number of phenols is 1. The highest BCUT2D eigenvalue weighted by molar-refractivity contribution is 6.08. The molecule has 0 spiro atoms. The van der Waals surface area contributed by atoms with Gasteiger partial charge in [0.15, 0.2) is 0 Å². The van der Waals surface area contributed by atoms with Crippen LogP contribution in [0.1, 0.15) is 16.8 Å². The van der Waals surface area contributed by atoms with Crippen molar-refractivity contribution < 1.29 is 19.8 Å². The van der Waals surface area contributed by atoms with Crippen LogP contribution < -0.4 is 4.90 Å². The smallest absolute Gasteiger partial charge is 0.305 e. The van der Waals surface area contributed by atoms with E-state index in [-0.39, 0.29) is 24.3 Å². The molecule has 0 fully saturated rings. The molecule has 2 aromatic rings. The molecule has 0 aliphatic heterocycles. The van der Waals surface area contributed by atoms with Gasteiger partial charge in [0.05, 0.1) is 12.0 Å². The number of benzene rings is 2. The summed E-state index contributed by atoms with van der Waals surface area (Å²) in [7, 11) is 0. The van der Waals surface area contributed by atoms with E-state index in [9.17, 15) is 14.7 Å². The lowest BCUT2D eigenvalue weighted by molar-refractivity contribution is -0.136. The number of rotatable bonds is 5. The number of hydrogen-bond acceptors (Lipinski definition) is 3. The Morgan fingerprint density at radius 2 is 1.57 bits per heavy atom. The zero-order chi connectivity index (χ0) is 15.2. The SMILES string of the molecule is O=C(O)CCN(C(=O)c1ccccc1O)c1ccccc1. The van der Waals surface area contributed by atoms with E-state index >= 15 is 0 Å². The molecule has 108 valence electrons. The van der Waals surface area contributed by atoms with Crippen LogP contribution in [0.4, 0.5) is 5.69 Å². The van der Waals surface area contributed by atoms with Crippen molar-refractivity contribution in [3.05, 3.63) is 60.2 Å². The number of hydrogen-bond donors (Lipinski definition) is 2. The molecule has 5 nitrogen and oxygen atoms in total. The molecule has 0 aliphatic carbocycles. The van der Waals surface area contributed by atoms with Crippen molar-refractivity contribution in [3.63, 3.8) is 0 Å². The number of carboxylic acid groups (broad SMARTS) is 1. The lowest BCUT2D eigenvalue weighted by atomic mass is 10.1. The predicted octanol–water partition coefficient (Wildman–Crippen LogP) is 2.51. The van der Waals surface area contributed by atoms with Gasteiger partial charge in [-0.05, 0) is 24.3 Å². The first-order valence-electron chi connectivity index (χ1n) is 6.46. The minimum absolute atomic E-state index is 0.0342. The minimum atomic E-state index is -0.985. The summed E-state index contributed by atoms with van der Waals surface area (Å²) in [6.07, 6.45) is -0.172. The zero-order valence-electron chi connectivity index (χ0n) is 11.3. The van der Waals surface area contributed by atoms with E-state index in [1.54, 1.807) is 36.4 Å².